The van der Waals surface area contributed by atoms with Gasteiger partial charge in [0.15, 0.2) is 0 Å². The first-order chi connectivity index (χ1) is 26.2. The Morgan fingerprint density at radius 2 is 1.06 bits per heavy atom. The van der Waals surface area contributed by atoms with Gasteiger partial charge in [0.25, 0.3) is 0 Å². The molecule has 0 aliphatic heterocycles. The summed E-state index contributed by atoms with van der Waals surface area (Å²) in [5.74, 6) is 1.46. The summed E-state index contributed by atoms with van der Waals surface area (Å²) in [5.41, 5.74) is 13.3. The van der Waals surface area contributed by atoms with E-state index >= 15 is 0 Å². The SMILES string of the molecule is C1=CC2=Cc3c(oc4ccc(-c5c6ccccc6c(-c6ccc(-c7ccc8ccccc8c7)cc6)c6cc(-c7ccccc7)ccc56)cc34)CC2C=C1. The molecule has 0 amide bonds. The Labute approximate surface area is 308 Å². The van der Waals surface area contributed by atoms with E-state index < -0.39 is 0 Å². The minimum Gasteiger partial charge on any atom is -0.460 e. The van der Waals surface area contributed by atoms with Crippen LogP contribution in [0.25, 0.3) is 93.9 Å². The van der Waals surface area contributed by atoms with Crippen LogP contribution in [0.3, 0.4) is 0 Å². The first kappa shape index (κ1) is 30.0. The van der Waals surface area contributed by atoms with Crippen LogP contribution >= 0.6 is 0 Å². The molecular weight excluding hydrogens is 641 g/mol. The lowest BCUT2D eigenvalue weighted by Crippen LogP contribution is -2.09. The summed E-state index contributed by atoms with van der Waals surface area (Å²) >= 11 is 0. The van der Waals surface area contributed by atoms with Crippen molar-refractivity contribution in [1.29, 1.82) is 0 Å². The van der Waals surface area contributed by atoms with Crippen LogP contribution in [0.2, 0.25) is 0 Å². The molecule has 0 fully saturated rings. The Morgan fingerprint density at radius 1 is 0.434 bits per heavy atom. The van der Waals surface area contributed by atoms with E-state index in [2.05, 4.69) is 188 Å². The number of hydrogen-bond donors (Lipinski definition) is 0. The molecule has 0 saturated carbocycles. The van der Waals surface area contributed by atoms with E-state index in [0.717, 1.165) is 17.8 Å². The van der Waals surface area contributed by atoms with Crippen LogP contribution < -0.4 is 0 Å². The molecular formula is C52H34O. The minimum atomic E-state index is 0.383. The van der Waals surface area contributed by atoms with Crippen LogP contribution in [0.4, 0.5) is 0 Å². The average molecular weight is 675 g/mol. The predicted molar refractivity (Wildman–Crippen MR) is 224 cm³/mol. The summed E-state index contributed by atoms with van der Waals surface area (Å²) < 4.78 is 6.51. The first-order valence-corrected chi connectivity index (χ1v) is 18.5. The largest absolute Gasteiger partial charge is 0.460 e. The van der Waals surface area contributed by atoms with Crippen LogP contribution in [0, 0.1) is 5.92 Å². The third kappa shape index (κ3) is 4.93. The standard InChI is InChI=1S/C52H34O/c1-2-10-33(11-3-1)41-24-26-45-48(30-41)51(36-21-18-35(19-22-36)40-23-20-34-12-4-5-13-37(34)28-40)43-16-8-9-17-44(43)52(45)42-25-27-49-46(31-42)47-29-38-14-6-7-15-39(38)32-50(47)53-49/h1-31,39H,32H2. The van der Waals surface area contributed by atoms with Gasteiger partial charge in [0.1, 0.15) is 11.3 Å². The second kappa shape index (κ2) is 11.9. The highest BCUT2D eigenvalue weighted by atomic mass is 16.3. The van der Waals surface area contributed by atoms with Gasteiger partial charge in [-0.3, -0.25) is 0 Å². The lowest BCUT2D eigenvalue weighted by Gasteiger charge is -2.20. The molecule has 0 saturated heterocycles. The number of furan rings is 1. The highest BCUT2D eigenvalue weighted by Crippen LogP contribution is 2.47. The van der Waals surface area contributed by atoms with Crippen molar-refractivity contribution in [3.05, 3.63) is 199 Å². The quantitative estimate of drug-likeness (QED) is 0.169. The topological polar surface area (TPSA) is 13.1 Å². The Hall–Kier alpha value is -6.70. The molecule has 1 atom stereocenters. The zero-order valence-corrected chi connectivity index (χ0v) is 29.1. The summed E-state index contributed by atoms with van der Waals surface area (Å²) in [6.07, 6.45) is 12.1. The molecule has 2 aliphatic rings. The normalized spacial score (nSPS) is 14.9. The van der Waals surface area contributed by atoms with E-state index in [1.165, 1.54) is 93.3 Å². The second-order valence-corrected chi connectivity index (χ2v) is 14.4. The maximum atomic E-state index is 6.51. The zero-order valence-electron chi connectivity index (χ0n) is 29.1. The van der Waals surface area contributed by atoms with E-state index in [1.807, 2.05) is 0 Å². The Morgan fingerprint density at radius 3 is 1.91 bits per heavy atom. The molecule has 248 valence electrons. The fraction of sp³-hybridized carbons (Fsp3) is 0.0385. The third-order valence-electron chi connectivity index (χ3n) is 11.4. The summed E-state index contributed by atoms with van der Waals surface area (Å²) in [5, 5.41) is 8.68. The van der Waals surface area contributed by atoms with Gasteiger partial charge >= 0.3 is 0 Å². The van der Waals surface area contributed by atoms with Gasteiger partial charge in [0.05, 0.1) is 0 Å². The molecule has 0 bridgehead atoms. The molecule has 1 aromatic heterocycles. The van der Waals surface area contributed by atoms with E-state index in [1.54, 1.807) is 0 Å². The number of allylic oxidation sites excluding steroid dienone is 5. The van der Waals surface area contributed by atoms with Gasteiger partial charge in [-0.1, -0.05) is 158 Å². The van der Waals surface area contributed by atoms with Crippen molar-refractivity contribution in [2.75, 3.05) is 0 Å². The molecule has 1 nitrogen and oxygen atoms in total. The van der Waals surface area contributed by atoms with Gasteiger partial charge < -0.3 is 4.42 Å². The molecule has 0 N–H and O–H groups in total. The number of rotatable bonds is 4. The molecule has 8 aromatic carbocycles. The van der Waals surface area contributed by atoms with Crippen LogP contribution in [0.15, 0.2) is 192 Å². The van der Waals surface area contributed by atoms with Crippen LogP contribution in [0.5, 0.6) is 0 Å². The van der Waals surface area contributed by atoms with Crippen molar-refractivity contribution in [2.24, 2.45) is 5.92 Å². The first-order valence-electron chi connectivity index (χ1n) is 18.5. The van der Waals surface area contributed by atoms with E-state index in [0.29, 0.717) is 5.92 Å². The van der Waals surface area contributed by atoms with Crippen molar-refractivity contribution in [2.45, 2.75) is 6.42 Å². The summed E-state index contributed by atoms with van der Waals surface area (Å²) in [7, 11) is 0. The molecule has 0 spiro atoms. The van der Waals surface area contributed by atoms with E-state index in [9.17, 15) is 0 Å². The van der Waals surface area contributed by atoms with Crippen molar-refractivity contribution in [3.8, 4) is 44.5 Å². The molecule has 0 radical (unpaired) electrons. The molecule has 1 unspecified atom stereocenters. The number of hydrogen-bond acceptors (Lipinski definition) is 1. The molecule has 53 heavy (non-hydrogen) atoms. The van der Waals surface area contributed by atoms with E-state index in [-0.39, 0.29) is 0 Å². The smallest absolute Gasteiger partial charge is 0.134 e. The zero-order chi connectivity index (χ0) is 34.9. The van der Waals surface area contributed by atoms with E-state index in [4.69, 9.17) is 4.42 Å². The van der Waals surface area contributed by atoms with Crippen LogP contribution in [0.1, 0.15) is 11.3 Å². The van der Waals surface area contributed by atoms with Gasteiger partial charge in [-0.25, -0.2) is 0 Å². The Bertz CT molecular complexity index is 3010. The van der Waals surface area contributed by atoms with Crippen molar-refractivity contribution in [3.63, 3.8) is 0 Å². The fourth-order valence-electron chi connectivity index (χ4n) is 8.75. The van der Waals surface area contributed by atoms with Crippen LogP contribution in [-0.4, -0.2) is 0 Å². The number of benzene rings is 8. The van der Waals surface area contributed by atoms with Gasteiger partial charge in [-0.2, -0.15) is 0 Å². The molecule has 1 heteroatoms. The van der Waals surface area contributed by atoms with Gasteiger partial charge in [0.2, 0.25) is 0 Å². The number of fused-ring (bicyclic) bond motifs is 7. The van der Waals surface area contributed by atoms with Crippen molar-refractivity contribution < 1.29 is 4.42 Å². The predicted octanol–water partition coefficient (Wildman–Crippen LogP) is 14.2. The molecule has 9 aromatic rings. The maximum absolute atomic E-state index is 6.51. The highest BCUT2D eigenvalue weighted by molar-refractivity contribution is 6.22. The van der Waals surface area contributed by atoms with Crippen molar-refractivity contribution in [1.82, 2.24) is 0 Å². The molecule has 11 rings (SSSR count). The Kier molecular flexibility index (Phi) is 6.75. The summed E-state index contributed by atoms with van der Waals surface area (Å²) in [6, 6.07) is 58.0. The third-order valence-corrected chi connectivity index (χ3v) is 11.4. The minimum absolute atomic E-state index is 0.383. The molecule has 1 heterocycles. The Balaban J connectivity index is 1.13. The average Bonchev–Trinajstić information content (AvgIpc) is 3.58. The maximum Gasteiger partial charge on any atom is 0.134 e. The second-order valence-electron chi connectivity index (χ2n) is 14.4. The molecule has 2 aliphatic carbocycles. The summed E-state index contributed by atoms with van der Waals surface area (Å²) in [4.78, 5) is 0. The van der Waals surface area contributed by atoms with Crippen LogP contribution in [-0.2, 0) is 6.42 Å². The lowest BCUT2D eigenvalue weighted by atomic mass is 9.83. The highest BCUT2D eigenvalue weighted by Gasteiger charge is 2.25. The summed E-state index contributed by atoms with van der Waals surface area (Å²) in [6.45, 7) is 0. The van der Waals surface area contributed by atoms with Crippen molar-refractivity contribution >= 4 is 49.4 Å². The lowest BCUT2D eigenvalue weighted by molar-refractivity contribution is 0.521. The van der Waals surface area contributed by atoms with Gasteiger partial charge in [-0.05, 0) is 113 Å². The van der Waals surface area contributed by atoms with Gasteiger partial charge in [-0.15, -0.1) is 0 Å². The fourth-order valence-corrected chi connectivity index (χ4v) is 8.75. The monoisotopic (exact) mass is 674 g/mol. The van der Waals surface area contributed by atoms with Gasteiger partial charge in [0, 0.05) is 23.3 Å².